The average molecular weight is 292 g/mol. The minimum atomic E-state index is -4.55. The summed E-state index contributed by atoms with van der Waals surface area (Å²) in [7, 11) is 0. The van der Waals surface area contributed by atoms with Crippen LogP contribution in [0.25, 0.3) is 0 Å². The Morgan fingerprint density at radius 3 is 2.47 bits per heavy atom. The topological polar surface area (TPSA) is 37.8 Å². The second-order valence-electron chi connectivity index (χ2n) is 3.54. The Bertz CT molecular complexity index is 601. The highest BCUT2D eigenvalue weighted by molar-refractivity contribution is 6.29. The van der Waals surface area contributed by atoms with E-state index in [1.54, 1.807) is 0 Å². The molecule has 0 amide bonds. The number of hydrogen-bond acceptors (Lipinski definition) is 3. The van der Waals surface area contributed by atoms with Crippen LogP contribution in [0.5, 0.6) is 0 Å². The summed E-state index contributed by atoms with van der Waals surface area (Å²) in [6, 6.07) is 3.31. The van der Waals surface area contributed by atoms with Crippen LogP contribution in [-0.2, 0) is 6.18 Å². The number of nitrogens with zero attached hydrogens (tertiary/aromatic N) is 2. The van der Waals surface area contributed by atoms with Gasteiger partial charge in [0.25, 0.3) is 0 Å². The maximum Gasteiger partial charge on any atom is 0.416 e. The quantitative estimate of drug-likeness (QED) is 0.670. The Morgan fingerprint density at radius 2 is 1.84 bits per heavy atom. The Balaban J connectivity index is 2.34. The third-order valence-corrected chi connectivity index (χ3v) is 2.40. The normalized spacial score (nSPS) is 11.4. The van der Waals surface area contributed by atoms with Crippen molar-refractivity contribution in [1.29, 1.82) is 0 Å². The van der Waals surface area contributed by atoms with E-state index >= 15 is 0 Å². The van der Waals surface area contributed by atoms with Gasteiger partial charge in [0.2, 0.25) is 0 Å². The molecule has 0 saturated heterocycles. The van der Waals surface area contributed by atoms with E-state index in [4.69, 9.17) is 11.6 Å². The largest absolute Gasteiger partial charge is 0.416 e. The van der Waals surface area contributed by atoms with Crippen molar-refractivity contribution in [3.8, 4) is 0 Å². The molecule has 19 heavy (non-hydrogen) atoms. The summed E-state index contributed by atoms with van der Waals surface area (Å²) in [5.74, 6) is -0.735. The lowest BCUT2D eigenvalue weighted by molar-refractivity contribution is -0.137. The monoisotopic (exact) mass is 291 g/mol. The highest BCUT2D eigenvalue weighted by atomic mass is 35.5. The molecule has 0 saturated carbocycles. The molecule has 1 heterocycles. The number of alkyl halides is 3. The molecular weight excluding hydrogens is 286 g/mol. The van der Waals surface area contributed by atoms with Crippen molar-refractivity contribution in [2.24, 2.45) is 0 Å². The van der Waals surface area contributed by atoms with Crippen LogP contribution in [0.1, 0.15) is 5.56 Å². The zero-order valence-electron chi connectivity index (χ0n) is 9.17. The Morgan fingerprint density at radius 1 is 1.11 bits per heavy atom. The number of nitrogens with one attached hydrogen (secondary N) is 1. The van der Waals surface area contributed by atoms with Crippen LogP contribution >= 0.6 is 11.6 Å². The molecule has 0 unspecified atom stereocenters. The standard InChI is InChI=1S/C11H6ClF4N3/c12-9-4-10(18-5-17-9)19-8-3-6(11(14,15)16)1-2-7(8)13/h1-5H,(H,17,18,19). The van der Waals surface area contributed by atoms with Gasteiger partial charge in [0, 0.05) is 6.07 Å². The fraction of sp³-hybridized carbons (Fsp3) is 0.0909. The van der Waals surface area contributed by atoms with Crippen LogP contribution in [-0.4, -0.2) is 9.97 Å². The van der Waals surface area contributed by atoms with Crippen molar-refractivity contribution in [1.82, 2.24) is 9.97 Å². The molecule has 0 atom stereocenters. The van der Waals surface area contributed by atoms with Crippen LogP contribution in [0.15, 0.2) is 30.6 Å². The predicted octanol–water partition coefficient (Wildman–Crippen LogP) is 4.03. The second-order valence-corrected chi connectivity index (χ2v) is 3.93. The molecule has 8 heteroatoms. The number of rotatable bonds is 2. The molecule has 2 aromatic rings. The Labute approximate surface area is 110 Å². The van der Waals surface area contributed by atoms with Crippen molar-refractivity contribution in [3.05, 3.63) is 47.1 Å². The first-order chi connectivity index (χ1) is 8.86. The van der Waals surface area contributed by atoms with Crippen molar-refractivity contribution >= 4 is 23.1 Å². The van der Waals surface area contributed by atoms with Gasteiger partial charge in [-0.05, 0) is 18.2 Å². The lowest BCUT2D eigenvalue weighted by atomic mass is 10.2. The molecule has 100 valence electrons. The third-order valence-electron chi connectivity index (χ3n) is 2.19. The first-order valence-electron chi connectivity index (χ1n) is 4.97. The van der Waals surface area contributed by atoms with Gasteiger partial charge in [0.05, 0.1) is 11.3 Å². The van der Waals surface area contributed by atoms with E-state index in [1.807, 2.05) is 0 Å². The van der Waals surface area contributed by atoms with E-state index in [-0.39, 0.29) is 16.7 Å². The minimum absolute atomic E-state index is 0.0879. The highest BCUT2D eigenvalue weighted by Crippen LogP contribution is 2.32. The van der Waals surface area contributed by atoms with E-state index < -0.39 is 17.6 Å². The van der Waals surface area contributed by atoms with Crippen molar-refractivity contribution in [2.75, 3.05) is 5.32 Å². The van der Waals surface area contributed by atoms with E-state index in [1.165, 1.54) is 6.07 Å². The fourth-order valence-electron chi connectivity index (χ4n) is 1.34. The predicted molar refractivity (Wildman–Crippen MR) is 61.7 cm³/mol. The molecular formula is C11H6ClF4N3. The number of aromatic nitrogens is 2. The number of hydrogen-bond donors (Lipinski definition) is 1. The Hall–Kier alpha value is -1.89. The number of anilines is 2. The second kappa shape index (κ2) is 5.00. The van der Waals surface area contributed by atoms with Crippen LogP contribution in [0.4, 0.5) is 29.1 Å². The molecule has 2 rings (SSSR count). The summed E-state index contributed by atoms with van der Waals surface area (Å²) in [5.41, 5.74) is -1.30. The lowest BCUT2D eigenvalue weighted by Gasteiger charge is -2.11. The molecule has 0 aliphatic rings. The molecule has 0 aliphatic carbocycles. The summed E-state index contributed by atoms with van der Waals surface area (Å²) >= 11 is 5.59. The maximum atomic E-state index is 13.4. The van der Waals surface area contributed by atoms with Crippen molar-refractivity contribution < 1.29 is 17.6 Å². The van der Waals surface area contributed by atoms with Gasteiger partial charge in [-0.3, -0.25) is 0 Å². The van der Waals surface area contributed by atoms with Crippen LogP contribution in [0.3, 0.4) is 0 Å². The molecule has 1 aromatic heterocycles. The van der Waals surface area contributed by atoms with E-state index in [9.17, 15) is 17.6 Å². The number of benzene rings is 1. The summed E-state index contributed by atoms with van der Waals surface area (Å²) in [6.07, 6.45) is -3.44. The highest BCUT2D eigenvalue weighted by Gasteiger charge is 2.31. The van der Waals surface area contributed by atoms with Gasteiger partial charge in [-0.2, -0.15) is 13.2 Å². The molecule has 0 bridgehead atoms. The van der Waals surface area contributed by atoms with Crippen LogP contribution in [0.2, 0.25) is 5.15 Å². The summed E-state index contributed by atoms with van der Waals surface area (Å²) in [5, 5.41) is 2.50. The summed E-state index contributed by atoms with van der Waals surface area (Å²) in [4.78, 5) is 7.31. The van der Waals surface area contributed by atoms with Crippen molar-refractivity contribution in [3.63, 3.8) is 0 Å². The Kier molecular flexibility index (Phi) is 3.57. The lowest BCUT2D eigenvalue weighted by Crippen LogP contribution is -2.06. The fourth-order valence-corrected chi connectivity index (χ4v) is 1.48. The first kappa shape index (κ1) is 13.5. The molecule has 3 nitrogen and oxygen atoms in total. The van der Waals surface area contributed by atoms with E-state index in [0.717, 1.165) is 12.4 Å². The van der Waals surface area contributed by atoms with Crippen molar-refractivity contribution in [2.45, 2.75) is 6.18 Å². The van der Waals surface area contributed by atoms with E-state index in [0.29, 0.717) is 12.1 Å². The third kappa shape index (κ3) is 3.31. The molecule has 0 spiro atoms. The minimum Gasteiger partial charge on any atom is -0.338 e. The van der Waals surface area contributed by atoms with Gasteiger partial charge < -0.3 is 5.32 Å². The van der Waals surface area contributed by atoms with Gasteiger partial charge in [0.1, 0.15) is 23.1 Å². The molecule has 1 aromatic carbocycles. The van der Waals surface area contributed by atoms with Gasteiger partial charge in [-0.25, -0.2) is 14.4 Å². The smallest absolute Gasteiger partial charge is 0.338 e. The van der Waals surface area contributed by atoms with Gasteiger partial charge >= 0.3 is 6.18 Å². The van der Waals surface area contributed by atoms with Gasteiger partial charge in [-0.15, -0.1) is 0 Å². The van der Waals surface area contributed by atoms with Gasteiger partial charge in [0.15, 0.2) is 0 Å². The SMILES string of the molecule is Fc1ccc(C(F)(F)F)cc1Nc1cc(Cl)ncn1. The molecule has 1 N–H and O–H groups in total. The first-order valence-corrected chi connectivity index (χ1v) is 5.35. The van der Waals surface area contributed by atoms with Gasteiger partial charge in [-0.1, -0.05) is 11.6 Å². The summed E-state index contributed by atoms with van der Waals surface area (Å²) in [6.45, 7) is 0. The number of halogens is 5. The van der Waals surface area contributed by atoms with E-state index in [2.05, 4.69) is 15.3 Å². The van der Waals surface area contributed by atoms with Crippen LogP contribution in [0, 0.1) is 5.82 Å². The molecule has 0 fully saturated rings. The molecule has 0 aliphatic heterocycles. The zero-order chi connectivity index (χ0) is 14.0. The zero-order valence-corrected chi connectivity index (χ0v) is 9.93. The van der Waals surface area contributed by atoms with Crippen LogP contribution < -0.4 is 5.32 Å². The molecule has 0 radical (unpaired) electrons. The summed E-state index contributed by atoms with van der Waals surface area (Å²) < 4.78 is 51.0. The average Bonchev–Trinajstić information content (AvgIpc) is 2.30. The maximum absolute atomic E-state index is 13.4.